The third-order valence-electron chi connectivity index (χ3n) is 2.05. The van der Waals surface area contributed by atoms with Crippen LogP contribution in [0, 0.1) is 0 Å². The normalized spacial score (nSPS) is 11.8. The fraction of sp³-hybridized carbons (Fsp3) is 0.200. The summed E-state index contributed by atoms with van der Waals surface area (Å²) < 4.78 is 41.8. The lowest BCUT2D eigenvalue weighted by molar-refractivity contribution is -0.137. The van der Waals surface area contributed by atoms with Crippen molar-refractivity contribution in [1.29, 1.82) is 0 Å². The standard InChI is InChI=1S/C10H6ClF3N2O/c11-5-8-15-9(17-16-8)6-1-3-7(4-2-6)10(12,13)14/h1-4H,5H2. The maximum Gasteiger partial charge on any atom is 0.416 e. The van der Waals surface area contributed by atoms with E-state index in [9.17, 15) is 13.2 Å². The largest absolute Gasteiger partial charge is 0.416 e. The summed E-state index contributed by atoms with van der Waals surface area (Å²) in [5, 5.41) is 3.54. The summed E-state index contributed by atoms with van der Waals surface area (Å²) in [6.45, 7) is 0. The van der Waals surface area contributed by atoms with E-state index in [1.807, 2.05) is 0 Å². The lowest BCUT2D eigenvalue weighted by Crippen LogP contribution is -2.03. The van der Waals surface area contributed by atoms with Gasteiger partial charge < -0.3 is 4.52 Å². The van der Waals surface area contributed by atoms with Gasteiger partial charge in [-0.25, -0.2) is 0 Å². The zero-order valence-electron chi connectivity index (χ0n) is 8.33. The molecule has 0 N–H and O–H groups in total. The fourth-order valence-electron chi connectivity index (χ4n) is 1.23. The van der Waals surface area contributed by atoms with Crippen LogP contribution in [0.15, 0.2) is 28.8 Å². The summed E-state index contributed by atoms with van der Waals surface area (Å²) in [4.78, 5) is 3.90. The van der Waals surface area contributed by atoms with Crippen LogP contribution in [-0.2, 0) is 12.1 Å². The van der Waals surface area contributed by atoms with Gasteiger partial charge in [0.05, 0.1) is 11.4 Å². The van der Waals surface area contributed by atoms with Crippen molar-refractivity contribution >= 4 is 11.6 Å². The van der Waals surface area contributed by atoms with Crippen LogP contribution in [0.5, 0.6) is 0 Å². The van der Waals surface area contributed by atoms with Crippen LogP contribution in [-0.4, -0.2) is 10.1 Å². The van der Waals surface area contributed by atoms with Gasteiger partial charge in [-0.15, -0.1) is 11.6 Å². The van der Waals surface area contributed by atoms with E-state index in [-0.39, 0.29) is 11.8 Å². The summed E-state index contributed by atoms with van der Waals surface area (Å²) in [6.07, 6.45) is -4.35. The second-order valence-electron chi connectivity index (χ2n) is 3.22. The first-order valence-corrected chi connectivity index (χ1v) is 5.10. The first-order valence-electron chi connectivity index (χ1n) is 4.57. The monoisotopic (exact) mass is 262 g/mol. The predicted molar refractivity (Wildman–Crippen MR) is 54.3 cm³/mol. The van der Waals surface area contributed by atoms with Crippen molar-refractivity contribution in [3.63, 3.8) is 0 Å². The van der Waals surface area contributed by atoms with Gasteiger partial charge in [0.2, 0.25) is 0 Å². The van der Waals surface area contributed by atoms with Crippen molar-refractivity contribution < 1.29 is 17.7 Å². The molecule has 3 nitrogen and oxygen atoms in total. The number of aromatic nitrogens is 2. The van der Waals surface area contributed by atoms with Gasteiger partial charge in [-0.3, -0.25) is 0 Å². The van der Waals surface area contributed by atoms with Gasteiger partial charge in [0.15, 0.2) is 5.82 Å². The minimum Gasteiger partial charge on any atom is -0.334 e. The molecule has 7 heteroatoms. The molecular formula is C10H6ClF3N2O. The Hall–Kier alpha value is -1.56. The zero-order valence-corrected chi connectivity index (χ0v) is 9.09. The molecule has 0 aliphatic heterocycles. The van der Waals surface area contributed by atoms with E-state index < -0.39 is 11.7 Å². The zero-order chi connectivity index (χ0) is 12.5. The molecule has 0 fully saturated rings. The van der Waals surface area contributed by atoms with Crippen molar-refractivity contribution in [1.82, 2.24) is 10.1 Å². The molecule has 90 valence electrons. The molecule has 0 spiro atoms. The summed E-state index contributed by atoms with van der Waals surface area (Å²) in [6, 6.07) is 4.46. The Kier molecular flexibility index (Phi) is 3.06. The smallest absolute Gasteiger partial charge is 0.334 e. The maximum absolute atomic E-state index is 12.3. The SMILES string of the molecule is FC(F)(F)c1ccc(-c2nc(CCl)no2)cc1. The highest BCUT2D eigenvalue weighted by atomic mass is 35.5. The molecule has 0 aliphatic rings. The summed E-state index contributed by atoms with van der Waals surface area (Å²) in [5.74, 6) is 0.528. The highest BCUT2D eigenvalue weighted by Crippen LogP contribution is 2.30. The van der Waals surface area contributed by atoms with Crippen LogP contribution in [0.4, 0.5) is 13.2 Å². The minimum atomic E-state index is -4.35. The van der Waals surface area contributed by atoms with Gasteiger partial charge in [-0.2, -0.15) is 18.2 Å². The van der Waals surface area contributed by atoms with Crippen molar-refractivity contribution in [2.45, 2.75) is 12.1 Å². The quantitative estimate of drug-likeness (QED) is 0.778. The summed E-state index contributed by atoms with van der Waals surface area (Å²) in [5.41, 5.74) is -0.305. The van der Waals surface area contributed by atoms with Crippen LogP contribution in [0.2, 0.25) is 0 Å². The molecule has 0 atom stereocenters. The number of rotatable bonds is 2. The Morgan fingerprint density at radius 2 is 1.82 bits per heavy atom. The van der Waals surface area contributed by atoms with Crippen LogP contribution in [0.1, 0.15) is 11.4 Å². The van der Waals surface area contributed by atoms with Crippen molar-refractivity contribution in [2.24, 2.45) is 0 Å². The summed E-state index contributed by atoms with van der Waals surface area (Å²) >= 11 is 5.48. The molecule has 17 heavy (non-hydrogen) atoms. The van der Waals surface area contributed by atoms with E-state index in [1.165, 1.54) is 12.1 Å². The van der Waals surface area contributed by atoms with Crippen LogP contribution in [0.3, 0.4) is 0 Å². The van der Waals surface area contributed by atoms with Crippen LogP contribution < -0.4 is 0 Å². The number of nitrogens with zero attached hydrogens (tertiary/aromatic N) is 2. The third-order valence-corrected chi connectivity index (χ3v) is 2.29. The Morgan fingerprint density at radius 1 is 1.18 bits per heavy atom. The van der Waals surface area contributed by atoms with Gasteiger partial charge in [0.1, 0.15) is 0 Å². The minimum absolute atomic E-state index is 0.0874. The number of hydrogen-bond donors (Lipinski definition) is 0. The summed E-state index contributed by atoms with van der Waals surface area (Å²) in [7, 11) is 0. The highest BCUT2D eigenvalue weighted by Gasteiger charge is 2.30. The van der Waals surface area contributed by atoms with Gasteiger partial charge >= 0.3 is 6.18 Å². The molecule has 1 aromatic carbocycles. The van der Waals surface area contributed by atoms with Crippen LogP contribution >= 0.6 is 11.6 Å². The molecule has 0 unspecified atom stereocenters. The first-order chi connectivity index (χ1) is 8.00. The topological polar surface area (TPSA) is 38.9 Å². The van der Waals surface area contributed by atoms with E-state index in [1.54, 1.807) is 0 Å². The Labute approximate surface area is 99.2 Å². The molecular weight excluding hydrogens is 257 g/mol. The van der Waals surface area contributed by atoms with Gasteiger partial charge in [0, 0.05) is 5.56 Å². The lowest BCUT2D eigenvalue weighted by Gasteiger charge is -2.05. The Balaban J connectivity index is 2.29. The van der Waals surface area contributed by atoms with Crippen molar-refractivity contribution in [3.8, 4) is 11.5 Å². The second-order valence-corrected chi connectivity index (χ2v) is 3.49. The van der Waals surface area contributed by atoms with E-state index in [0.717, 1.165) is 12.1 Å². The molecule has 0 amide bonds. The first kappa shape index (κ1) is 11.9. The number of hydrogen-bond acceptors (Lipinski definition) is 3. The molecule has 2 aromatic rings. The van der Waals surface area contributed by atoms with E-state index in [2.05, 4.69) is 10.1 Å². The Morgan fingerprint density at radius 3 is 2.29 bits per heavy atom. The molecule has 0 radical (unpaired) electrons. The highest BCUT2D eigenvalue weighted by molar-refractivity contribution is 6.16. The van der Waals surface area contributed by atoms with Crippen LogP contribution in [0.25, 0.3) is 11.5 Å². The molecule has 2 rings (SSSR count). The van der Waals surface area contributed by atoms with Crippen molar-refractivity contribution in [2.75, 3.05) is 0 Å². The predicted octanol–water partition coefficient (Wildman–Crippen LogP) is 3.49. The van der Waals surface area contributed by atoms with Gasteiger partial charge in [0.25, 0.3) is 5.89 Å². The average Bonchev–Trinajstić information content (AvgIpc) is 2.76. The number of benzene rings is 1. The lowest BCUT2D eigenvalue weighted by atomic mass is 10.1. The van der Waals surface area contributed by atoms with Gasteiger partial charge in [-0.05, 0) is 24.3 Å². The van der Waals surface area contributed by atoms with E-state index in [4.69, 9.17) is 16.1 Å². The van der Waals surface area contributed by atoms with E-state index in [0.29, 0.717) is 11.4 Å². The second kappa shape index (κ2) is 4.37. The number of halogens is 4. The third kappa shape index (κ3) is 2.58. The molecule has 0 aliphatic carbocycles. The average molecular weight is 263 g/mol. The molecule has 0 saturated heterocycles. The van der Waals surface area contributed by atoms with Crippen molar-refractivity contribution in [3.05, 3.63) is 35.7 Å². The number of alkyl halides is 4. The van der Waals surface area contributed by atoms with Gasteiger partial charge in [-0.1, -0.05) is 5.16 Å². The van der Waals surface area contributed by atoms with E-state index >= 15 is 0 Å². The molecule has 1 heterocycles. The molecule has 0 bridgehead atoms. The molecule has 1 aromatic heterocycles. The fourth-order valence-corrected chi connectivity index (χ4v) is 1.34. The Bertz CT molecular complexity index is 507. The molecule has 0 saturated carbocycles. The maximum atomic E-state index is 12.3.